The molecule has 0 spiro atoms. The molecule has 0 N–H and O–H groups in total. The molecular weight excluding hydrogens is 352 g/mol. The van der Waals surface area contributed by atoms with Gasteiger partial charge in [-0.2, -0.15) is 16.1 Å². The molecule has 0 bridgehead atoms. The summed E-state index contributed by atoms with van der Waals surface area (Å²) in [5, 5.41) is 0. The molecule has 25 heavy (non-hydrogen) atoms. The summed E-state index contributed by atoms with van der Waals surface area (Å²) in [6.45, 7) is 4.53. The highest BCUT2D eigenvalue weighted by molar-refractivity contribution is 7.99. The van der Waals surface area contributed by atoms with Crippen LogP contribution in [0, 0.1) is 0 Å². The number of aromatic nitrogens is 1. The van der Waals surface area contributed by atoms with Gasteiger partial charge in [-0.3, -0.25) is 4.98 Å². The lowest BCUT2D eigenvalue weighted by molar-refractivity contribution is 0.331. The van der Waals surface area contributed by atoms with Crippen LogP contribution in [0.4, 0.5) is 0 Å². The summed E-state index contributed by atoms with van der Waals surface area (Å²) in [4.78, 5) is 4.69. The number of pyridine rings is 1. The molecule has 1 saturated heterocycles. The second-order valence-electron chi connectivity index (χ2n) is 6.61. The van der Waals surface area contributed by atoms with Gasteiger partial charge in [-0.25, -0.2) is 8.42 Å². The van der Waals surface area contributed by atoms with Gasteiger partial charge in [0.1, 0.15) is 0 Å². The van der Waals surface area contributed by atoms with Gasteiger partial charge in [-0.05, 0) is 47.9 Å². The van der Waals surface area contributed by atoms with Crippen molar-refractivity contribution >= 4 is 21.8 Å². The second-order valence-corrected chi connectivity index (χ2v) is 9.65. The Morgan fingerprint density at radius 1 is 1.20 bits per heavy atom. The van der Waals surface area contributed by atoms with E-state index in [1.165, 1.54) is 0 Å². The van der Waals surface area contributed by atoms with Gasteiger partial charge >= 0.3 is 0 Å². The van der Waals surface area contributed by atoms with Crippen LogP contribution in [-0.4, -0.2) is 35.3 Å². The number of hydrogen-bond acceptors (Lipinski definition) is 4. The highest BCUT2D eigenvalue weighted by atomic mass is 32.2. The van der Waals surface area contributed by atoms with Gasteiger partial charge in [-0.15, -0.1) is 0 Å². The lowest BCUT2D eigenvalue weighted by Gasteiger charge is -2.27. The molecule has 1 aromatic carbocycles. The Kier molecular flexibility index (Phi) is 5.81. The summed E-state index contributed by atoms with van der Waals surface area (Å²) in [6.07, 6.45) is 2.60. The lowest BCUT2D eigenvalue weighted by atomic mass is 10.0. The molecule has 1 aliphatic heterocycles. The summed E-state index contributed by atoms with van der Waals surface area (Å²) < 4.78 is 28.2. The predicted molar refractivity (Wildman–Crippen MR) is 103 cm³/mol. The van der Waals surface area contributed by atoms with Gasteiger partial charge in [0.2, 0.25) is 10.0 Å². The van der Waals surface area contributed by atoms with Gasteiger partial charge in [0.05, 0.1) is 17.1 Å². The van der Waals surface area contributed by atoms with Gasteiger partial charge in [0.15, 0.2) is 0 Å². The highest BCUT2D eigenvalue weighted by Gasteiger charge is 2.33. The van der Waals surface area contributed by atoms with E-state index in [2.05, 4.69) is 18.8 Å². The van der Waals surface area contributed by atoms with Crippen LogP contribution >= 0.6 is 11.8 Å². The Morgan fingerprint density at radius 2 is 1.96 bits per heavy atom. The quantitative estimate of drug-likeness (QED) is 0.767. The molecule has 1 unspecified atom stereocenters. The van der Waals surface area contributed by atoms with E-state index in [1.807, 2.05) is 42.1 Å². The molecule has 3 rings (SSSR count). The van der Waals surface area contributed by atoms with Crippen molar-refractivity contribution in [1.29, 1.82) is 0 Å². The van der Waals surface area contributed by atoms with Crippen molar-refractivity contribution in [1.82, 2.24) is 9.29 Å². The number of hydrogen-bond donors (Lipinski definition) is 0. The third-order valence-corrected chi connectivity index (χ3v) is 7.57. The van der Waals surface area contributed by atoms with Crippen LogP contribution < -0.4 is 0 Å². The van der Waals surface area contributed by atoms with Crippen molar-refractivity contribution in [2.24, 2.45) is 0 Å². The molecule has 6 heteroatoms. The Hall–Kier alpha value is -1.37. The molecule has 2 aromatic rings. The second kappa shape index (κ2) is 7.89. The molecule has 0 amide bonds. The van der Waals surface area contributed by atoms with Gasteiger partial charge in [0.25, 0.3) is 0 Å². The lowest BCUT2D eigenvalue weighted by Crippen LogP contribution is -2.40. The maximum Gasteiger partial charge on any atom is 0.243 e. The van der Waals surface area contributed by atoms with Crippen molar-refractivity contribution in [3.05, 3.63) is 59.9 Å². The van der Waals surface area contributed by atoms with Crippen molar-refractivity contribution in [2.45, 2.75) is 43.7 Å². The van der Waals surface area contributed by atoms with Crippen LogP contribution in [0.15, 0.2) is 53.6 Å². The minimum atomic E-state index is -3.55. The van der Waals surface area contributed by atoms with Crippen molar-refractivity contribution in [3.8, 4) is 0 Å². The topological polar surface area (TPSA) is 50.3 Å². The first-order valence-electron chi connectivity index (χ1n) is 8.58. The molecule has 4 nitrogen and oxygen atoms in total. The molecule has 1 aromatic heterocycles. The monoisotopic (exact) mass is 376 g/mol. The number of rotatable bonds is 6. The van der Waals surface area contributed by atoms with Crippen molar-refractivity contribution < 1.29 is 8.42 Å². The molecule has 1 aliphatic rings. The first-order valence-corrected chi connectivity index (χ1v) is 11.2. The standard InChI is InChI=1S/C19H24N2O2S2/c1-15(2)16-6-8-19(9-7-16)25(22,23)21(18-10-12-24-14-18)13-17-5-3-4-11-20-17/h3-9,11,15,18H,10,12-14H2,1-2H3. The molecule has 2 heterocycles. The highest BCUT2D eigenvalue weighted by Crippen LogP contribution is 2.29. The Bertz CT molecular complexity index is 784. The summed E-state index contributed by atoms with van der Waals surface area (Å²) in [6, 6.07) is 13.0. The zero-order chi connectivity index (χ0) is 17.9. The van der Waals surface area contributed by atoms with E-state index in [-0.39, 0.29) is 6.04 Å². The van der Waals surface area contributed by atoms with Gasteiger partial charge in [-0.1, -0.05) is 32.0 Å². The Labute approximate surface area is 154 Å². The first-order chi connectivity index (χ1) is 12.0. The minimum absolute atomic E-state index is 0.0294. The molecule has 0 saturated carbocycles. The molecule has 0 aliphatic carbocycles. The SMILES string of the molecule is CC(C)c1ccc(S(=O)(=O)N(Cc2ccccn2)C2CCSC2)cc1. The fourth-order valence-corrected chi connectivity index (χ4v) is 5.91. The van der Waals surface area contributed by atoms with E-state index in [1.54, 1.807) is 22.6 Å². The molecule has 134 valence electrons. The predicted octanol–water partition coefficient (Wildman–Crippen LogP) is 3.90. The van der Waals surface area contributed by atoms with Crippen molar-refractivity contribution in [3.63, 3.8) is 0 Å². The van der Waals surface area contributed by atoms with Crippen molar-refractivity contribution in [2.75, 3.05) is 11.5 Å². The van der Waals surface area contributed by atoms with Crippen LogP contribution in [-0.2, 0) is 16.6 Å². The third kappa shape index (κ3) is 4.25. The largest absolute Gasteiger partial charge is 0.260 e. The maximum atomic E-state index is 13.3. The van der Waals surface area contributed by atoms with Crippen LogP contribution in [0.25, 0.3) is 0 Å². The van der Waals surface area contributed by atoms with E-state index in [9.17, 15) is 8.42 Å². The zero-order valence-electron chi connectivity index (χ0n) is 14.6. The Morgan fingerprint density at radius 3 is 2.52 bits per heavy atom. The summed E-state index contributed by atoms with van der Waals surface area (Å²) in [5.74, 6) is 2.23. The van der Waals surface area contributed by atoms with E-state index in [4.69, 9.17) is 0 Å². The smallest absolute Gasteiger partial charge is 0.243 e. The molecule has 0 radical (unpaired) electrons. The Balaban J connectivity index is 1.92. The number of nitrogens with zero attached hydrogens (tertiary/aromatic N) is 2. The van der Waals surface area contributed by atoms with E-state index >= 15 is 0 Å². The van der Waals surface area contributed by atoms with E-state index in [0.29, 0.717) is 17.4 Å². The molecule has 1 atom stereocenters. The van der Waals surface area contributed by atoms with Crippen LogP contribution in [0.2, 0.25) is 0 Å². The van der Waals surface area contributed by atoms with Crippen LogP contribution in [0.3, 0.4) is 0 Å². The third-order valence-electron chi connectivity index (χ3n) is 4.51. The summed E-state index contributed by atoms with van der Waals surface area (Å²) in [7, 11) is -3.55. The van der Waals surface area contributed by atoms with E-state index in [0.717, 1.165) is 29.2 Å². The minimum Gasteiger partial charge on any atom is -0.260 e. The van der Waals surface area contributed by atoms with Gasteiger partial charge in [0, 0.05) is 18.0 Å². The van der Waals surface area contributed by atoms with E-state index < -0.39 is 10.0 Å². The molecule has 1 fully saturated rings. The van der Waals surface area contributed by atoms with Crippen LogP contribution in [0.5, 0.6) is 0 Å². The fourth-order valence-electron chi connectivity index (χ4n) is 2.97. The average Bonchev–Trinajstić information content (AvgIpc) is 3.14. The summed E-state index contributed by atoms with van der Waals surface area (Å²) in [5.41, 5.74) is 1.92. The number of benzene rings is 1. The fraction of sp³-hybridized carbons (Fsp3) is 0.421. The number of sulfonamides is 1. The van der Waals surface area contributed by atoms with Crippen LogP contribution in [0.1, 0.15) is 37.4 Å². The molecular formula is C19H24N2O2S2. The zero-order valence-corrected chi connectivity index (χ0v) is 16.3. The first kappa shape index (κ1) is 18.4. The normalized spacial score (nSPS) is 18.2. The van der Waals surface area contributed by atoms with Gasteiger partial charge < -0.3 is 0 Å². The average molecular weight is 377 g/mol. The number of thioether (sulfide) groups is 1. The summed E-state index contributed by atoms with van der Waals surface area (Å²) >= 11 is 1.81. The maximum absolute atomic E-state index is 13.3.